The molecule has 0 aliphatic carbocycles. The van der Waals surface area contributed by atoms with E-state index < -0.39 is 0 Å². The summed E-state index contributed by atoms with van der Waals surface area (Å²) in [7, 11) is 0. The lowest BCUT2D eigenvalue weighted by Gasteiger charge is -2.08. The third-order valence-electron chi connectivity index (χ3n) is 1.35. The summed E-state index contributed by atoms with van der Waals surface area (Å²) in [6, 6.07) is 0. The maximum Gasteiger partial charge on any atom is 0.231 e. The fraction of sp³-hybridized carbons (Fsp3) is 0.429. The summed E-state index contributed by atoms with van der Waals surface area (Å²) in [6.45, 7) is 0.452. The van der Waals surface area contributed by atoms with Crippen LogP contribution in [0.5, 0.6) is 0 Å². The Morgan fingerprint density at radius 1 is 1.60 bits per heavy atom. The normalized spacial score (nSPS) is 17.7. The van der Waals surface area contributed by atoms with Crippen LogP contribution in [0.15, 0.2) is 0 Å². The van der Waals surface area contributed by atoms with E-state index in [1.54, 1.807) is 0 Å². The SMILES string of the molecule is C#CCN1CC(=O)CC1=O. The van der Waals surface area contributed by atoms with Crippen LogP contribution in [0.4, 0.5) is 0 Å². The number of hydrogen-bond acceptors (Lipinski definition) is 2. The summed E-state index contributed by atoms with van der Waals surface area (Å²) < 4.78 is 0. The highest BCUT2D eigenvalue weighted by Crippen LogP contribution is 2.04. The molecule has 1 heterocycles. The monoisotopic (exact) mass is 137 g/mol. The molecule has 0 spiro atoms. The summed E-state index contributed by atoms with van der Waals surface area (Å²) >= 11 is 0. The number of terminal acetylenes is 1. The van der Waals surface area contributed by atoms with Crippen molar-refractivity contribution in [2.45, 2.75) is 6.42 Å². The maximum atomic E-state index is 10.8. The Balaban J connectivity index is 2.56. The molecule has 1 rings (SSSR count). The fourth-order valence-corrected chi connectivity index (χ4v) is 0.892. The Morgan fingerprint density at radius 3 is 2.70 bits per heavy atom. The summed E-state index contributed by atoms with van der Waals surface area (Å²) in [5, 5.41) is 0. The van der Waals surface area contributed by atoms with Gasteiger partial charge in [-0.2, -0.15) is 0 Å². The van der Waals surface area contributed by atoms with Gasteiger partial charge in [-0.1, -0.05) is 5.92 Å². The van der Waals surface area contributed by atoms with E-state index in [0.717, 1.165) is 0 Å². The van der Waals surface area contributed by atoms with Gasteiger partial charge in [-0.25, -0.2) is 0 Å². The van der Waals surface area contributed by atoms with Gasteiger partial charge in [0.1, 0.15) is 0 Å². The maximum absolute atomic E-state index is 10.8. The first kappa shape index (κ1) is 6.81. The van der Waals surface area contributed by atoms with Crippen LogP contribution in [0.25, 0.3) is 0 Å². The zero-order valence-electron chi connectivity index (χ0n) is 5.46. The zero-order chi connectivity index (χ0) is 7.56. The second kappa shape index (κ2) is 2.53. The van der Waals surface area contributed by atoms with Crippen molar-refractivity contribution in [2.75, 3.05) is 13.1 Å². The number of amides is 1. The van der Waals surface area contributed by atoms with E-state index in [9.17, 15) is 9.59 Å². The van der Waals surface area contributed by atoms with E-state index in [0.29, 0.717) is 0 Å². The molecule has 1 aliphatic heterocycles. The van der Waals surface area contributed by atoms with Gasteiger partial charge in [0.2, 0.25) is 5.91 Å². The Kier molecular flexibility index (Phi) is 1.72. The van der Waals surface area contributed by atoms with Crippen molar-refractivity contribution >= 4 is 11.7 Å². The van der Waals surface area contributed by atoms with Crippen LogP contribution >= 0.6 is 0 Å². The van der Waals surface area contributed by atoms with Gasteiger partial charge in [-0.3, -0.25) is 9.59 Å². The van der Waals surface area contributed by atoms with E-state index in [4.69, 9.17) is 6.42 Å². The zero-order valence-corrected chi connectivity index (χ0v) is 5.46. The summed E-state index contributed by atoms with van der Waals surface area (Å²) in [6.07, 6.45) is 4.99. The van der Waals surface area contributed by atoms with Crippen molar-refractivity contribution < 1.29 is 9.59 Å². The number of nitrogens with zero attached hydrogens (tertiary/aromatic N) is 1. The molecule has 0 N–H and O–H groups in total. The van der Waals surface area contributed by atoms with Crippen molar-refractivity contribution in [1.82, 2.24) is 4.90 Å². The van der Waals surface area contributed by atoms with Crippen molar-refractivity contribution in [2.24, 2.45) is 0 Å². The largest absolute Gasteiger partial charge is 0.324 e. The van der Waals surface area contributed by atoms with Gasteiger partial charge in [-0.15, -0.1) is 6.42 Å². The van der Waals surface area contributed by atoms with E-state index in [2.05, 4.69) is 5.92 Å². The molecule has 1 amide bonds. The van der Waals surface area contributed by atoms with Crippen LogP contribution in [0, 0.1) is 12.3 Å². The molecule has 10 heavy (non-hydrogen) atoms. The van der Waals surface area contributed by atoms with Crippen LogP contribution in [-0.2, 0) is 9.59 Å². The Hall–Kier alpha value is -1.30. The number of hydrogen-bond donors (Lipinski definition) is 0. The minimum absolute atomic E-state index is 0.0294. The molecular weight excluding hydrogens is 130 g/mol. The number of carbonyl (C=O) groups excluding carboxylic acids is 2. The molecule has 1 saturated heterocycles. The van der Waals surface area contributed by atoms with Crippen LogP contribution in [0.1, 0.15) is 6.42 Å². The van der Waals surface area contributed by atoms with Crippen LogP contribution in [0.3, 0.4) is 0 Å². The fourth-order valence-electron chi connectivity index (χ4n) is 0.892. The minimum atomic E-state index is -0.150. The lowest BCUT2D eigenvalue weighted by Crippen LogP contribution is -2.25. The molecule has 0 atom stereocenters. The van der Waals surface area contributed by atoms with Crippen LogP contribution < -0.4 is 0 Å². The van der Waals surface area contributed by atoms with E-state index in [1.807, 2.05) is 0 Å². The summed E-state index contributed by atoms with van der Waals surface area (Å²) in [5.41, 5.74) is 0. The second-order valence-corrected chi connectivity index (χ2v) is 2.17. The Bertz CT molecular complexity index is 214. The third kappa shape index (κ3) is 1.16. The quantitative estimate of drug-likeness (QED) is 0.358. The van der Waals surface area contributed by atoms with Crippen molar-refractivity contribution in [3.63, 3.8) is 0 Å². The lowest BCUT2D eigenvalue weighted by atomic mass is 10.3. The predicted molar refractivity (Wildman–Crippen MR) is 35.0 cm³/mol. The second-order valence-electron chi connectivity index (χ2n) is 2.17. The van der Waals surface area contributed by atoms with Gasteiger partial charge >= 0.3 is 0 Å². The molecule has 52 valence electrons. The number of carbonyl (C=O) groups is 2. The first-order chi connectivity index (χ1) is 4.74. The van der Waals surface area contributed by atoms with Crippen molar-refractivity contribution in [3.8, 4) is 12.3 Å². The molecule has 0 aromatic carbocycles. The summed E-state index contributed by atoms with van der Waals surface area (Å²) in [4.78, 5) is 22.8. The van der Waals surface area contributed by atoms with Crippen molar-refractivity contribution in [3.05, 3.63) is 0 Å². The molecule has 0 aromatic rings. The molecule has 1 aliphatic rings. The molecule has 0 radical (unpaired) electrons. The molecule has 1 fully saturated rings. The first-order valence-corrected chi connectivity index (χ1v) is 2.97. The van der Waals surface area contributed by atoms with Crippen LogP contribution in [0.2, 0.25) is 0 Å². The molecule has 3 heteroatoms. The third-order valence-corrected chi connectivity index (χ3v) is 1.35. The Morgan fingerprint density at radius 2 is 2.30 bits per heavy atom. The van der Waals surface area contributed by atoms with Gasteiger partial charge in [0.15, 0.2) is 5.78 Å². The average Bonchev–Trinajstić information content (AvgIpc) is 2.13. The topological polar surface area (TPSA) is 37.4 Å². The minimum Gasteiger partial charge on any atom is -0.324 e. The number of ketones is 1. The highest BCUT2D eigenvalue weighted by atomic mass is 16.2. The highest BCUT2D eigenvalue weighted by molar-refractivity contribution is 6.05. The Labute approximate surface area is 59.0 Å². The number of rotatable bonds is 1. The lowest BCUT2D eigenvalue weighted by molar-refractivity contribution is -0.127. The molecule has 0 saturated carbocycles. The molecule has 0 bridgehead atoms. The number of Topliss-reactive ketones (excluding diaryl/α,β-unsaturated/α-hetero) is 1. The smallest absolute Gasteiger partial charge is 0.231 e. The van der Waals surface area contributed by atoms with Crippen molar-refractivity contribution in [1.29, 1.82) is 0 Å². The highest BCUT2D eigenvalue weighted by Gasteiger charge is 2.25. The standard InChI is InChI=1S/C7H7NO2/c1-2-3-8-5-6(9)4-7(8)10/h1H,3-5H2. The van der Waals surface area contributed by atoms with E-state index >= 15 is 0 Å². The van der Waals surface area contributed by atoms with Crippen LogP contribution in [-0.4, -0.2) is 29.7 Å². The average molecular weight is 137 g/mol. The molecule has 0 aromatic heterocycles. The van der Waals surface area contributed by atoms with E-state index in [1.165, 1.54) is 4.90 Å². The molecular formula is C7H7NO2. The predicted octanol–water partition coefficient (Wildman–Crippen LogP) is -0.579. The molecule has 0 unspecified atom stereocenters. The summed E-state index contributed by atoms with van der Waals surface area (Å²) in [5.74, 6) is 2.12. The van der Waals surface area contributed by atoms with E-state index in [-0.39, 0.29) is 31.2 Å². The van der Waals surface area contributed by atoms with Gasteiger partial charge in [-0.05, 0) is 0 Å². The van der Waals surface area contributed by atoms with Gasteiger partial charge in [0, 0.05) is 0 Å². The van der Waals surface area contributed by atoms with Gasteiger partial charge in [0.05, 0.1) is 19.5 Å². The molecule has 3 nitrogen and oxygen atoms in total. The van der Waals surface area contributed by atoms with Gasteiger partial charge < -0.3 is 4.90 Å². The first-order valence-electron chi connectivity index (χ1n) is 2.97. The number of likely N-dealkylation sites (tertiary alicyclic amines) is 1. The van der Waals surface area contributed by atoms with Gasteiger partial charge in [0.25, 0.3) is 0 Å².